The maximum atomic E-state index is 11.8. The summed E-state index contributed by atoms with van der Waals surface area (Å²) in [5, 5.41) is 17.5. The van der Waals surface area contributed by atoms with Gasteiger partial charge in [-0.2, -0.15) is 0 Å². The summed E-state index contributed by atoms with van der Waals surface area (Å²) in [7, 11) is 0. The molecule has 0 fully saturated rings. The summed E-state index contributed by atoms with van der Waals surface area (Å²) in [4.78, 5) is 44.7. The number of rotatable bonds is 7. The quantitative estimate of drug-likeness (QED) is 0.237. The fourth-order valence-corrected chi connectivity index (χ4v) is 3.69. The van der Waals surface area contributed by atoms with Crippen molar-refractivity contribution in [3.8, 4) is 0 Å². The fourth-order valence-electron chi connectivity index (χ4n) is 1.47. The minimum atomic E-state index is -1.23. The number of aliphatic carboxylic acids is 2. The van der Waals surface area contributed by atoms with E-state index in [-0.39, 0.29) is 16.2 Å². The molecule has 0 saturated heterocycles. The molecule has 8 nitrogen and oxygen atoms in total. The summed E-state index contributed by atoms with van der Waals surface area (Å²) in [5.41, 5.74) is 11.1. The first-order valence-electron chi connectivity index (χ1n) is 5.83. The summed E-state index contributed by atoms with van der Waals surface area (Å²) >= 11 is -0.650. The average Bonchev–Trinajstić information content (AvgIpc) is 2.41. The molecule has 9 heteroatoms. The van der Waals surface area contributed by atoms with Crippen molar-refractivity contribution in [1.82, 2.24) is 0 Å². The summed E-state index contributed by atoms with van der Waals surface area (Å²) < 4.78 is 0.142. The van der Waals surface area contributed by atoms with Crippen molar-refractivity contribution in [3.05, 3.63) is 22.2 Å². The van der Waals surface area contributed by atoms with E-state index in [2.05, 4.69) is 0 Å². The third-order valence-electron chi connectivity index (χ3n) is 2.64. The molecule has 0 aromatic rings. The van der Waals surface area contributed by atoms with Gasteiger partial charge < -0.3 is 0 Å². The molecule has 0 amide bonds. The van der Waals surface area contributed by atoms with E-state index >= 15 is 0 Å². The number of carboxylic acids is 2. The number of hydrogen-bond donors (Lipinski definition) is 4. The first-order chi connectivity index (χ1) is 9.73. The SMILES string of the molecule is N[C@@H](C[Se]C1=C(C[C@H](N)C(=O)O)C=CC(=O)C1=O)C(=O)O. The molecule has 0 unspecified atom stereocenters. The predicted octanol–water partition coefficient (Wildman–Crippen LogP) is -1.72. The number of nitrogens with two attached hydrogens (primary N) is 2. The Hall–Kier alpha value is -1.80. The summed E-state index contributed by atoms with van der Waals surface area (Å²) in [6.07, 6.45) is 2.31. The van der Waals surface area contributed by atoms with Gasteiger partial charge in [0.05, 0.1) is 0 Å². The molecule has 1 aliphatic rings. The van der Waals surface area contributed by atoms with Crippen molar-refractivity contribution >= 4 is 38.5 Å². The van der Waals surface area contributed by atoms with E-state index in [0.29, 0.717) is 5.57 Å². The Bertz CT molecular complexity index is 554. The van der Waals surface area contributed by atoms with Gasteiger partial charge in [0.25, 0.3) is 0 Å². The first kappa shape index (κ1) is 17.3. The zero-order valence-corrected chi connectivity index (χ0v) is 12.5. The number of carbonyl (C=O) groups is 4. The zero-order valence-electron chi connectivity index (χ0n) is 10.8. The van der Waals surface area contributed by atoms with Crippen molar-refractivity contribution in [3.63, 3.8) is 0 Å². The van der Waals surface area contributed by atoms with Crippen molar-refractivity contribution < 1.29 is 29.4 Å². The van der Waals surface area contributed by atoms with Crippen LogP contribution in [0.4, 0.5) is 0 Å². The number of carbonyl (C=O) groups excluding carboxylic acids is 2. The second kappa shape index (κ2) is 7.28. The van der Waals surface area contributed by atoms with Crippen LogP contribution in [0.3, 0.4) is 0 Å². The van der Waals surface area contributed by atoms with Crippen LogP contribution in [-0.2, 0) is 19.2 Å². The van der Waals surface area contributed by atoms with Gasteiger partial charge in [0.2, 0.25) is 0 Å². The van der Waals surface area contributed by atoms with Gasteiger partial charge in [-0.3, -0.25) is 0 Å². The molecular weight excluding hydrogens is 347 g/mol. The van der Waals surface area contributed by atoms with Crippen molar-refractivity contribution in [2.75, 3.05) is 0 Å². The van der Waals surface area contributed by atoms with Crippen LogP contribution < -0.4 is 11.5 Å². The van der Waals surface area contributed by atoms with E-state index in [4.69, 9.17) is 21.7 Å². The zero-order chi connectivity index (χ0) is 16.2. The van der Waals surface area contributed by atoms with E-state index in [1.807, 2.05) is 0 Å². The Labute approximate surface area is 126 Å². The molecule has 2 atom stereocenters. The van der Waals surface area contributed by atoms with Crippen LogP contribution in [0.15, 0.2) is 22.2 Å². The van der Waals surface area contributed by atoms with Crippen LogP contribution in [0.25, 0.3) is 0 Å². The molecule has 0 radical (unpaired) electrons. The molecule has 0 spiro atoms. The van der Waals surface area contributed by atoms with Gasteiger partial charge in [0.1, 0.15) is 0 Å². The molecule has 114 valence electrons. The third kappa shape index (κ3) is 4.61. The number of ketones is 2. The Kier molecular flexibility index (Phi) is 5.98. The van der Waals surface area contributed by atoms with Crippen LogP contribution in [0.1, 0.15) is 6.42 Å². The second-order valence-electron chi connectivity index (χ2n) is 4.29. The van der Waals surface area contributed by atoms with Crippen molar-refractivity contribution in [2.45, 2.75) is 23.8 Å². The molecule has 1 aliphatic carbocycles. The van der Waals surface area contributed by atoms with E-state index in [9.17, 15) is 19.2 Å². The minimum absolute atomic E-state index is 0.0241. The maximum absolute atomic E-state index is 11.8. The summed E-state index contributed by atoms with van der Waals surface area (Å²) in [5.74, 6) is -3.90. The van der Waals surface area contributed by atoms with Crippen molar-refractivity contribution in [1.29, 1.82) is 0 Å². The Morgan fingerprint density at radius 3 is 2.19 bits per heavy atom. The fraction of sp³-hybridized carbons (Fsp3) is 0.333. The molecule has 0 aliphatic heterocycles. The van der Waals surface area contributed by atoms with Gasteiger partial charge in [-0.15, -0.1) is 0 Å². The van der Waals surface area contributed by atoms with E-state index in [0.717, 1.165) is 6.08 Å². The van der Waals surface area contributed by atoms with Crippen LogP contribution in [0, 0.1) is 0 Å². The molecule has 0 aromatic heterocycles. The normalized spacial score (nSPS) is 17.8. The number of hydrogen-bond acceptors (Lipinski definition) is 6. The molecular formula is C12H14N2O6Se. The van der Waals surface area contributed by atoms with Crippen LogP contribution >= 0.6 is 0 Å². The molecule has 1 rings (SSSR count). The second-order valence-corrected chi connectivity index (χ2v) is 6.45. The van der Waals surface area contributed by atoms with Crippen LogP contribution in [-0.4, -0.2) is 60.8 Å². The standard InChI is InChI=1S/C12H14N2O6Se/c13-6(11(17)18)3-5-1-2-8(15)9(16)10(5)21-4-7(14)12(19)20/h1-2,6-7H,3-4,13-14H2,(H,17,18)(H,19,20)/t6-,7-/m0/s1. The molecule has 0 bridgehead atoms. The number of allylic oxidation sites excluding steroid dienone is 3. The topological polar surface area (TPSA) is 161 Å². The van der Waals surface area contributed by atoms with Gasteiger partial charge in [-0.25, -0.2) is 0 Å². The Balaban J connectivity index is 2.96. The van der Waals surface area contributed by atoms with Crippen molar-refractivity contribution in [2.24, 2.45) is 11.5 Å². The van der Waals surface area contributed by atoms with Gasteiger partial charge in [-0.05, 0) is 0 Å². The van der Waals surface area contributed by atoms with E-state index in [1.165, 1.54) is 6.08 Å². The molecule has 6 N–H and O–H groups in total. The number of Topliss-reactive ketones (excluding diaryl/α,β-unsaturated/α-hetero) is 1. The Morgan fingerprint density at radius 2 is 1.67 bits per heavy atom. The number of carboxylic acid groups (broad SMARTS) is 2. The predicted molar refractivity (Wildman–Crippen MR) is 72.6 cm³/mol. The van der Waals surface area contributed by atoms with Gasteiger partial charge in [0.15, 0.2) is 0 Å². The van der Waals surface area contributed by atoms with Gasteiger partial charge in [0, 0.05) is 0 Å². The Morgan fingerprint density at radius 1 is 1.10 bits per heavy atom. The average molecular weight is 361 g/mol. The molecule has 0 heterocycles. The van der Waals surface area contributed by atoms with E-state index < -0.39 is 50.5 Å². The molecule has 0 aromatic carbocycles. The molecule has 21 heavy (non-hydrogen) atoms. The first-order valence-corrected chi connectivity index (χ1v) is 7.90. The van der Waals surface area contributed by atoms with Crippen LogP contribution in [0.5, 0.6) is 0 Å². The van der Waals surface area contributed by atoms with Gasteiger partial charge in [-0.1, -0.05) is 0 Å². The molecule has 0 saturated carbocycles. The monoisotopic (exact) mass is 362 g/mol. The summed E-state index contributed by atoms with van der Waals surface area (Å²) in [6, 6.07) is -2.34. The van der Waals surface area contributed by atoms with E-state index in [1.54, 1.807) is 0 Å². The van der Waals surface area contributed by atoms with Gasteiger partial charge >= 0.3 is 125 Å². The van der Waals surface area contributed by atoms with Crippen LogP contribution in [0.2, 0.25) is 5.32 Å². The summed E-state index contributed by atoms with van der Waals surface area (Å²) in [6.45, 7) is 0. The third-order valence-corrected chi connectivity index (χ3v) is 5.29.